The predicted molar refractivity (Wildman–Crippen MR) is 81.0 cm³/mol. The average molecular weight is 404 g/mol. The van der Waals surface area contributed by atoms with E-state index in [0.717, 1.165) is 12.8 Å². The molecule has 0 fully saturated rings. The van der Waals surface area contributed by atoms with Gasteiger partial charge < -0.3 is 29.4 Å². The number of halogens is 4. The zero-order chi connectivity index (χ0) is 15.8. The standard InChI is InChI=1S/2C8H11.BF4.Rh/c2*1-2-4-6-8-7-5-3-1;2-1(3,4)5;/h2*1-2,7H,3-6H2;;/q3*-1;+2. The summed E-state index contributed by atoms with van der Waals surface area (Å²) in [6.07, 6.45) is 29.0. The molecule has 0 unspecified atom stereocenters. The molecule has 0 spiro atoms. The summed E-state index contributed by atoms with van der Waals surface area (Å²) in [7, 11) is -6.00. The van der Waals surface area contributed by atoms with Crippen molar-refractivity contribution in [1.29, 1.82) is 0 Å². The molecule has 6 heteroatoms. The molecule has 0 aliphatic heterocycles. The zero-order valence-corrected chi connectivity index (χ0v) is 14.2. The van der Waals surface area contributed by atoms with E-state index in [0.29, 0.717) is 0 Å². The van der Waals surface area contributed by atoms with Crippen LogP contribution in [0.4, 0.5) is 17.3 Å². The maximum Gasteiger partial charge on any atom is 2.00 e. The smallest absolute Gasteiger partial charge is 0.500 e. The molecule has 0 heterocycles. The summed E-state index contributed by atoms with van der Waals surface area (Å²) in [4.78, 5) is 0. The molecule has 2 rings (SSSR count). The first kappa shape index (κ1) is 23.6. The van der Waals surface area contributed by atoms with Crippen molar-refractivity contribution >= 4 is 7.25 Å². The van der Waals surface area contributed by atoms with Gasteiger partial charge in [0.1, 0.15) is 0 Å². The van der Waals surface area contributed by atoms with Crippen LogP contribution in [-0.4, -0.2) is 7.25 Å². The molecule has 0 N–H and O–H groups in total. The Bertz CT molecular complexity index is 261. The van der Waals surface area contributed by atoms with Crippen LogP contribution in [0.25, 0.3) is 0 Å². The number of hydrogen-bond donors (Lipinski definition) is 0. The Hall–Kier alpha value is -0.632. The second-order valence-electron chi connectivity index (χ2n) is 4.49. The van der Waals surface area contributed by atoms with Gasteiger partial charge >= 0.3 is 26.7 Å². The summed E-state index contributed by atoms with van der Waals surface area (Å²) in [5, 5.41) is 0. The van der Waals surface area contributed by atoms with Crippen LogP contribution in [-0.2, 0) is 19.5 Å². The molecule has 2 aliphatic carbocycles. The number of hydrogen-bond acceptors (Lipinski definition) is 0. The fourth-order valence-electron chi connectivity index (χ4n) is 1.57. The topological polar surface area (TPSA) is 0 Å². The monoisotopic (exact) mass is 404 g/mol. The zero-order valence-electron chi connectivity index (χ0n) is 12.5. The second-order valence-corrected chi connectivity index (χ2v) is 4.49. The van der Waals surface area contributed by atoms with Crippen LogP contribution < -0.4 is 0 Å². The van der Waals surface area contributed by atoms with E-state index in [1.165, 1.54) is 38.5 Å². The van der Waals surface area contributed by atoms with Crippen LogP contribution in [0.3, 0.4) is 0 Å². The van der Waals surface area contributed by atoms with Gasteiger partial charge in [-0.1, -0.05) is 50.0 Å². The maximum absolute atomic E-state index is 9.75. The van der Waals surface area contributed by atoms with Gasteiger partial charge in [0.25, 0.3) is 0 Å². The van der Waals surface area contributed by atoms with E-state index in [9.17, 15) is 17.3 Å². The summed E-state index contributed by atoms with van der Waals surface area (Å²) < 4.78 is 39.0. The fraction of sp³-hybridized carbons (Fsp3) is 0.500. The molecule has 0 atom stereocenters. The van der Waals surface area contributed by atoms with Crippen LogP contribution in [0.5, 0.6) is 0 Å². The molecule has 0 aromatic rings. The van der Waals surface area contributed by atoms with Crippen molar-refractivity contribution in [3.63, 3.8) is 0 Å². The molecule has 22 heavy (non-hydrogen) atoms. The summed E-state index contributed by atoms with van der Waals surface area (Å²) >= 11 is 0. The van der Waals surface area contributed by atoms with Gasteiger partial charge in [0.2, 0.25) is 0 Å². The maximum atomic E-state index is 9.75. The van der Waals surface area contributed by atoms with Gasteiger partial charge in [-0.3, -0.25) is 12.2 Å². The van der Waals surface area contributed by atoms with Gasteiger partial charge in [-0.05, 0) is 12.8 Å². The molecule has 0 amide bonds. The quantitative estimate of drug-likeness (QED) is 0.194. The average Bonchev–Trinajstić information content (AvgIpc) is 2.24. The van der Waals surface area contributed by atoms with Crippen molar-refractivity contribution < 1.29 is 36.7 Å². The molecule has 0 aromatic heterocycles. The second kappa shape index (κ2) is 16.7. The van der Waals surface area contributed by atoms with Crippen LogP contribution in [0.1, 0.15) is 51.4 Å². The first-order valence-electron chi connectivity index (χ1n) is 7.27. The van der Waals surface area contributed by atoms with Crippen molar-refractivity contribution in [2.75, 3.05) is 0 Å². The molecule has 0 nitrogen and oxygen atoms in total. The molecule has 0 aromatic carbocycles. The Morgan fingerprint density at radius 3 is 1.27 bits per heavy atom. The van der Waals surface area contributed by atoms with Crippen LogP contribution in [0.15, 0.2) is 36.5 Å². The third-order valence-electron chi connectivity index (χ3n) is 2.49. The summed E-state index contributed by atoms with van der Waals surface area (Å²) in [6.45, 7) is 0. The number of rotatable bonds is 0. The molecule has 0 bridgehead atoms. The van der Waals surface area contributed by atoms with Gasteiger partial charge in [0.15, 0.2) is 0 Å². The van der Waals surface area contributed by atoms with Crippen molar-refractivity contribution in [3.8, 4) is 0 Å². The minimum Gasteiger partial charge on any atom is -0.500 e. The summed E-state index contributed by atoms with van der Waals surface area (Å²) in [5.41, 5.74) is 0. The van der Waals surface area contributed by atoms with E-state index < -0.39 is 7.25 Å². The van der Waals surface area contributed by atoms with Crippen molar-refractivity contribution in [1.82, 2.24) is 0 Å². The van der Waals surface area contributed by atoms with Crippen LogP contribution in [0, 0.1) is 12.2 Å². The van der Waals surface area contributed by atoms with E-state index in [-0.39, 0.29) is 19.5 Å². The molecule has 2 aliphatic rings. The largest absolute Gasteiger partial charge is 2.00 e. The first-order valence-corrected chi connectivity index (χ1v) is 7.27. The van der Waals surface area contributed by atoms with Crippen molar-refractivity contribution in [2.45, 2.75) is 51.4 Å². The molecular weight excluding hydrogens is 382 g/mol. The van der Waals surface area contributed by atoms with Crippen LogP contribution >= 0.6 is 0 Å². The van der Waals surface area contributed by atoms with Crippen LogP contribution in [0.2, 0.25) is 0 Å². The molecule has 0 saturated carbocycles. The Kier molecular flexibility index (Phi) is 18.0. The Morgan fingerprint density at radius 2 is 0.909 bits per heavy atom. The predicted octanol–water partition coefficient (Wildman–Crippen LogP) is 6.25. The molecule has 1 radical (unpaired) electrons. The van der Waals surface area contributed by atoms with Gasteiger partial charge in [0, 0.05) is 0 Å². The van der Waals surface area contributed by atoms with Gasteiger partial charge in [-0.15, -0.1) is 0 Å². The summed E-state index contributed by atoms with van der Waals surface area (Å²) in [6, 6.07) is 0. The molecule has 127 valence electrons. The normalized spacial score (nSPS) is 17.3. The SMILES string of the molecule is F[B-](F)(F)F.[C-]1=CCCC=CCC1.[C-]1=CCCC=CCC1.[Rh+2]. The summed E-state index contributed by atoms with van der Waals surface area (Å²) in [5.74, 6) is 0. The third kappa shape index (κ3) is 27.7. The van der Waals surface area contributed by atoms with E-state index >= 15 is 0 Å². The number of allylic oxidation sites excluding steroid dienone is 8. The first-order chi connectivity index (χ1) is 10.0. The van der Waals surface area contributed by atoms with Gasteiger partial charge in [0.05, 0.1) is 0 Å². The Morgan fingerprint density at radius 1 is 0.591 bits per heavy atom. The van der Waals surface area contributed by atoms with E-state index in [2.05, 4.69) is 48.6 Å². The van der Waals surface area contributed by atoms with Crippen molar-refractivity contribution in [3.05, 3.63) is 48.6 Å². The van der Waals surface area contributed by atoms with E-state index in [4.69, 9.17) is 0 Å². The molecular formula is C16H22BF4Rh-. The van der Waals surface area contributed by atoms with E-state index in [1.54, 1.807) is 0 Å². The van der Waals surface area contributed by atoms with Gasteiger partial charge in [-0.25, -0.2) is 0 Å². The third-order valence-corrected chi connectivity index (χ3v) is 2.49. The van der Waals surface area contributed by atoms with Gasteiger partial charge in [-0.2, -0.15) is 12.8 Å². The Labute approximate surface area is 144 Å². The van der Waals surface area contributed by atoms with Crippen molar-refractivity contribution in [2.24, 2.45) is 0 Å². The minimum atomic E-state index is -6.00. The minimum absolute atomic E-state index is 0. The fourth-order valence-corrected chi connectivity index (χ4v) is 1.57. The molecule has 0 saturated heterocycles. The van der Waals surface area contributed by atoms with E-state index in [1.807, 2.05) is 0 Å². The Balaban J connectivity index is 0.